The van der Waals surface area contributed by atoms with Crippen LogP contribution in [0.5, 0.6) is 11.5 Å². The standard InChI is InChI=1S/C14H15FN2O/c1-10-13(6-3-9-17-10)18-14-5-2-4-12(15)11(14)7-8-16/h2-6,9H,7-8,16H2,1H3. The molecule has 0 saturated heterocycles. The van der Waals surface area contributed by atoms with Crippen molar-refractivity contribution < 1.29 is 9.13 Å². The Morgan fingerprint density at radius 2 is 2.00 bits per heavy atom. The van der Waals surface area contributed by atoms with E-state index in [1.54, 1.807) is 30.5 Å². The lowest BCUT2D eigenvalue weighted by Crippen LogP contribution is -2.06. The minimum absolute atomic E-state index is 0.292. The fraction of sp³-hybridized carbons (Fsp3) is 0.214. The van der Waals surface area contributed by atoms with Crippen LogP contribution in [0.15, 0.2) is 36.5 Å². The second-order valence-corrected chi connectivity index (χ2v) is 3.94. The molecule has 94 valence electrons. The molecule has 0 spiro atoms. The van der Waals surface area contributed by atoms with Crippen LogP contribution in [0, 0.1) is 12.7 Å². The lowest BCUT2D eigenvalue weighted by Gasteiger charge is -2.12. The number of ether oxygens (including phenoxy) is 1. The first-order valence-corrected chi connectivity index (χ1v) is 5.79. The van der Waals surface area contributed by atoms with Gasteiger partial charge in [0, 0.05) is 11.8 Å². The van der Waals surface area contributed by atoms with Gasteiger partial charge in [-0.1, -0.05) is 6.07 Å². The van der Waals surface area contributed by atoms with Crippen LogP contribution in [-0.2, 0) is 6.42 Å². The fourth-order valence-electron chi connectivity index (χ4n) is 1.72. The predicted octanol–water partition coefficient (Wildman–Crippen LogP) is 2.82. The van der Waals surface area contributed by atoms with Gasteiger partial charge in [0.05, 0.1) is 5.69 Å². The summed E-state index contributed by atoms with van der Waals surface area (Å²) in [7, 11) is 0. The molecule has 0 amide bonds. The summed E-state index contributed by atoms with van der Waals surface area (Å²) in [4.78, 5) is 4.13. The van der Waals surface area contributed by atoms with Crippen LogP contribution in [-0.4, -0.2) is 11.5 Å². The summed E-state index contributed by atoms with van der Waals surface area (Å²) in [6, 6.07) is 8.36. The van der Waals surface area contributed by atoms with Gasteiger partial charge in [-0.3, -0.25) is 4.98 Å². The molecule has 3 nitrogen and oxygen atoms in total. The molecule has 0 unspecified atom stereocenters. The Labute approximate surface area is 105 Å². The summed E-state index contributed by atoms with van der Waals surface area (Å²) in [5, 5.41) is 0. The molecule has 0 saturated carbocycles. The Morgan fingerprint density at radius 3 is 2.72 bits per heavy atom. The van der Waals surface area contributed by atoms with Gasteiger partial charge in [-0.05, 0) is 44.2 Å². The van der Waals surface area contributed by atoms with Crippen LogP contribution < -0.4 is 10.5 Å². The quantitative estimate of drug-likeness (QED) is 0.902. The van der Waals surface area contributed by atoms with Crippen LogP contribution >= 0.6 is 0 Å². The third kappa shape index (κ3) is 2.65. The van der Waals surface area contributed by atoms with Gasteiger partial charge >= 0.3 is 0 Å². The number of aryl methyl sites for hydroxylation is 1. The molecule has 0 aliphatic rings. The van der Waals surface area contributed by atoms with E-state index < -0.39 is 0 Å². The molecule has 4 heteroatoms. The number of hydrogen-bond donors (Lipinski definition) is 1. The van der Waals surface area contributed by atoms with Gasteiger partial charge in [0.2, 0.25) is 0 Å². The van der Waals surface area contributed by atoms with E-state index in [1.807, 2.05) is 6.92 Å². The second kappa shape index (κ2) is 5.60. The largest absolute Gasteiger partial charge is 0.455 e. The molecular formula is C14H15FN2O. The lowest BCUT2D eigenvalue weighted by atomic mass is 10.1. The minimum Gasteiger partial charge on any atom is -0.455 e. The lowest BCUT2D eigenvalue weighted by molar-refractivity contribution is 0.461. The van der Waals surface area contributed by atoms with Crippen molar-refractivity contribution in [2.45, 2.75) is 13.3 Å². The van der Waals surface area contributed by atoms with Crippen molar-refractivity contribution in [2.24, 2.45) is 5.73 Å². The van der Waals surface area contributed by atoms with E-state index in [2.05, 4.69) is 4.98 Å². The predicted molar refractivity (Wildman–Crippen MR) is 68.2 cm³/mol. The summed E-state index contributed by atoms with van der Waals surface area (Å²) >= 11 is 0. The molecule has 0 bridgehead atoms. The van der Waals surface area contributed by atoms with Crippen LogP contribution in [0.1, 0.15) is 11.3 Å². The Bertz CT molecular complexity index is 543. The number of nitrogens with two attached hydrogens (primary N) is 1. The summed E-state index contributed by atoms with van der Waals surface area (Å²) in [6.07, 6.45) is 2.13. The van der Waals surface area contributed by atoms with Crippen molar-refractivity contribution in [3.63, 3.8) is 0 Å². The zero-order valence-electron chi connectivity index (χ0n) is 10.2. The first-order chi connectivity index (χ1) is 8.72. The van der Waals surface area contributed by atoms with Crippen molar-refractivity contribution in [1.82, 2.24) is 4.98 Å². The summed E-state index contributed by atoms with van der Waals surface area (Å²) in [5.41, 5.74) is 6.75. The summed E-state index contributed by atoms with van der Waals surface area (Å²) in [5.74, 6) is 0.831. The first kappa shape index (κ1) is 12.5. The molecule has 0 aliphatic heterocycles. The van der Waals surface area contributed by atoms with Gasteiger partial charge in [-0.25, -0.2) is 4.39 Å². The number of halogens is 1. The Morgan fingerprint density at radius 1 is 1.22 bits per heavy atom. The van der Waals surface area contributed by atoms with Gasteiger partial charge in [0.1, 0.15) is 17.3 Å². The van der Waals surface area contributed by atoms with E-state index in [1.165, 1.54) is 6.07 Å². The van der Waals surface area contributed by atoms with E-state index in [9.17, 15) is 4.39 Å². The van der Waals surface area contributed by atoms with Crippen molar-refractivity contribution in [3.8, 4) is 11.5 Å². The van der Waals surface area contributed by atoms with Crippen LogP contribution in [0.25, 0.3) is 0 Å². The van der Waals surface area contributed by atoms with Crippen LogP contribution in [0.4, 0.5) is 4.39 Å². The van der Waals surface area contributed by atoms with Gasteiger partial charge < -0.3 is 10.5 Å². The van der Waals surface area contributed by atoms with Crippen molar-refractivity contribution in [2.75, 3.05) is 6.54 Å². The molecular weight excluding hydrogens is 231 g/mol. The number of benzene rings is 1. The van der Waals surface area contributed by atoms with Gasteiger partial charge in [0.15, 0.2) is 0 Å². The highest BCUT2D eigenvalue weighted by atomic mass is 19.1. The Kier molecular flexibility index (Phi) is 3.89. The Balaban J connectivity index is 2.34. The number of aromatic nitrogens is 1. The zero-order chi connectivity index (χ0) is 13.0. The molecule has 18 heavy (non-hydrogen) atoms. The molecule has 2 rings (SSSR count). The number of nitrogens with zero attached hydrogens (tertiary/aromatic N) is 1. The molecule has 0 aliphatic carbocycles. The molecule has 1 aromatic carbocycles. The van der Waals surface area contributed by atoms with Crippen LogP contribution in [0.2, 0.25) is 0 Å². The second-order valence-electron chi connectivity index (χ2n) is 3.94. The summed E-state index contributed by atoms with van der Waals surface area (Å²) in [6.45, 7) is 2.22. The van der Waals surface area contributed by atoms with Crippen LogP contribution in [0.3, 0.4) is 0 Å². The highest BCUT2D eigenvalue weighted by Gasteiger charge is 2.10. The van der Waals surface area contributed by atoms with Crippen molar-refractivity contribution in [1.29, 1.82) is 0 Å². The monoisotopic (exact) mass is 246 g/mol. The molecule has 1 heterocycles. The SMILES string of the molecule is Cc1ncccc1Oc1cccc(F)c1CCN. The highest BCUT2D eigenvalue weighted by molar-refractivity contribution is 5.39. The van der Waals surface area contributed by atoms with Gasteiger partial charge in [-0.15, -0.1) is 0 Å². The zero-order valence-corrected chi connectivity index (χ0v) is 10.2. The smallest absolute Gasteiger partial charge is 0.148 e. The maximum absolute atomic E-state index is 13.7. The number of rotatable bonds is 4. The third-order valence-electron chi connectivity index (χ3n) is 2.65. The normalized spacial score (nSPS) is 10.4. The van der Waals surface area contributed by atoms with Gasteiger partial charge in [-0.2, -0.15) is 0 Å². The van der Waals surface area contributed by atoms with E-state index in [0.29, 0.717) is 30.0 Å². The topological polar surface area (TPSA) is 48.1 Å². The molecule has 1 aromatic heterocycles. The Hall–Kier alpha value is -1.94. The van der Waals surface area contributed by atoms with Crippen molar-refractivity contribution in [3.05, 3.63) is 53.6 Å². The van der Waals surface area contributed by atoms with E-state index >= 15 is 0 Å². The fourth-order valence-corrected chi connectivity index (χ4v) is 1.72. The molecule has 0 radical (unpaired) electrons. The molecule has 2 aromatic rings. The van der Waals surface area contributed by atoms with E-state index in [0.717, 1.165) is 5.69 Å². The van der Waals surface area contributed by atoms with Crippen molar-refractivity contribution >= 4 is 0 Å². The molecule has 0 atom stereocenters. The molecule has 0 fully saturated rings. The third-order valence-corrected chi connectivity index (χ3v) is 2.65. The average Bonchev–Trinajstić information content (AvgIpc) is 2.36. The highest BCUT2D eigenvalue weighted by Crippen LogP contribution is 2.28. The maximum Gasteiger partial charge on any atom is 0.148 e. The minimum atomic E-state index is -0.292. The summed E-state index contributed by atoms with van der Waals surface area (Å²) < 4.78 is 19.4. The first-order valence-electron chi connectivity index (χ1n) is 5.79. The maximum atomic E-state index is 13.7. The number of hydrogen-bond acceptors (Lipinski definition) is 3. The van der Waals surface area contributed by atoms with E-state index in [4.69, 9.17) is 10.5 Å². The number of pyridine rings is 1. The van der Waals surface area contributed by atoms with E-state index in [-0.39, 0.29) is 5.82 Å². The molecule has 2 N–H and O–H groups in total. The average molecular weight is 246 g/mol. The van der Waals surface area contributed by atoms with Gasteiger partial charge in [0.25, 0.3) is 0 Å².